The highest BCUT2D eigenvalue weighted by Gasteiger charge is 2.47. The number of thiophene rings is 3. The smallest absolute Gasteiger partial charge is 0.264 e. The van der Waals surface area contributed by atoms with Crippen LogP contribution in [0.5, 0.6) is 34.5 Å². The lowest BCUT2D eigenvalue weighted by molar-refractivity contribution is 0.0557. The van der Waals surface area contributed by atoms with E-state index in [4.69, 9.17) is 32.8 Å². The molecule has 11 heterocycles. The average molecular weight is 1940 g/mol. The Balaban J connectivity index is 0.000000154. The lowest BCUT2D eigenvalue weighted by Gasteiger charge is -2.36. The first-order valence-corrected chi connectivity index (χ1v) is 51.0. The lowest BCUT2D eigenvalue weighted by atomic mass is 9.99. The van der Waals surface area contributed by atoms with Gasteiger partial charge in [0.1, 0.15) is 12.6 Å². The highest BCUT2D eigenvalue weighted by Crippen LogP contribution is 2.46. The third-order valence-electron chi connectivity index (χ3n) is 24.6. The number of methoxy groups -OCH3 is 6. The van der Waals surface area contributed by atoms with Gasteiger partial charge in [0.15, 0.2) is 34.5 Å². The van der Waals surface area contributed by atoms with Crippen LogP contribution in [0.1, 0.15) is 147 Å². The van der Waals surface area contributed by atoms with Gasteiger partial charge in [0, 0.05) is 129 Å². The molecule has 3 saturated heterocycles. The fourth-order valence-electron chi connectivity index (χ4n) is 17.7. The largest absolute Gasteiger partial charge is 0.493 e. The molecular weight excluding hydrogens is 1830 g/mol. The highest BCUT2D eigenvalue weighted by atomic mass is 32.3. The maximum Gasteiger partial charge on any atom is 0.264 e. The number of benzene rings is 6. The number of sulfonamides is 3. The number of furan rings is 1. The monoisotopic (exact) mass is 1940 g/mol. The molecule has 0 radical (unpaired) electrons. The van der Waals surface area contributed by atoms with Crippen LogP contribution in [0.4, 0.5) is 17.1 Å². The minimum absolute atomic E-state index is 0.140. The number of rotatable bonds is 37. The van der Waals surface area contributed by atoms with Crippen LogP contribution in [-0.4, -0.2) is 243 Å². The minimum atomic E-state index is -3.65. The second kappa shape index (κ2) is 43.6. The van der Waals surface area contributed by atoms with Crippen molar-refractivity contribution in [1.82, 2.24) is 48.5 Å². The van der Waals surface area contributed by atoms with E-state index in [1.807, 2.05) is 72.9 Å². The lowest BCUT2D eigenvalue weighted by Crippen LogP contribution is -2.46. The molecule has 706 valence electrons. The molecule has 6 aromatic carbocycles. The molecule has 0 spiro atoms. The zero-order valence-corrected chi connectivity index (χ0v) is 80.2. The molecule has 11 aromatic rings. The molecule has 6 amide bonds. The van der Waals surface area contributed by atoms with Gasteiger partial charge in [-0.15, -0.1) is 34.0 Å². The van der Waals surface area contributed by atoms with Crippen LogP contribution < -0.4 is 57.3 Å². The molecule has 3 fully saturated rings. The van der Waals surface area contributed by atoms with Crippen molar-refractivity contribution in [2.45, 2.75) is 82.4 Å². The molecule has 0 unspecified atom stereocenters. The summed E-state index contributed by atoms with van der Waals surface area (Å²) in [6, 6.07) is 46.0. The first kappa shape index (κ1) is 96.6. The quantitative estimate of drug-likeness (QED) is 0.0240. The summed E-state index contributed by atoms with van der Waals surface area (Å²) in [5.74, 6) is 0.785. The predicted molar refractivity (Wildman–Crippen MR) is 512 cm³/mol. The topological polar surface area (TPSA) is 352 Å². The SMILES string of the molecule is COc1ccc([C@@H](CCCNS(=O)(=O)c2cccs2)N2C(=O)c3cccc(N4CCN(C)CC4)c3C2=O)cc1OC.COc1ccc([C@@H](CCCNS(=O)(=O)c2cccs2)N2C(=O)c3cccc(N4CCN(Cc5cccnc5)CC4)c3C2=O)cc1OC.COc1ccc([C@@H](CCCNS(=O)(=O)c2cccs2)N2C(=O)c3cccc(N4CCN(Cc5ccoc5)CC4)c3C2=O)cc1OC. The molecule has 32 nitrogen and oxygen atoms in total. The number of likely N-dealkylation sites (N-methyl/N-ethyl adjacent to an activating group) is 1. The Hall–Kier alpha value is -11.9. The van der Waals surface area contributed by atoms with Crippen molar-refractivity contribution in [2.75, 3.05) is 163 Å². The number of imide groups is 3. The fourth-order valence-corrected chi connectivity index (χ4v) is 24.0. The number of ether oxygens (including phenoxy) is 6. The van der Waals surface area contributed by atoms with E-state index >= 15 is 0 Å². The molecular formula is C96H107N13O19S6. The molecule has 38 heteroatoms. The summed E-state index contributed by atoms with van der Waals surface area (Å²) in [4.78, 5) is 106. The standard InChI is InChI=1S/C34H37N5O6S2.C33H36N4O7S2.C29H34N4O6S2/c1-44-29-13-12-25(21-30(29)45-2)27(10-5-15-36-47(42,43)31-11-6-20-46-31)39-33(40)26-8-3-9-28(32(26)34(39)41)38-18-16-37(17-19-38)23-24-7-4-14-35-22-24;1-42-28-11-10-24(20-29(28)43-2)26(8-4-13-34-46(40,41)30-9-5-19-45-30)37-32(38)25-6-3-7-27(31(25)33(37)39)36-16-14-35(15-17-36)21-23-12-18-44-22-23;1-31-14-16-32(17-15-31)23-8-4-7-21-27(23)29(35)33(28(21)34)22(20-11-12-24(38-2)25(19-20)39-3)9-5-13-30-41(36,37)26-10-6-18-40-26/h3-4,6-9,11-14,20-22,27,36H,5,10,15-19,23H2,1-2H3;3,5-7,9-12,18-20,22,26,34H,4,8,13-17,21H2,1-2H3;4,6-8,10-12,18-19,22,30H,5,9,13-17H2,1-3H3/t27-;26-;22-/m111/s1. The minimum Gasteiger partial charge on any atom is -0.493 e. The maximum atomic E-state index is 14.3. The van der Waals surface area contributed by atoms with E-state index in [0.29, 0.717) is 149 Å². The van der Waals surface area contributed by atoms with Crippen LogP contribution in [0.2, 0.25) is 0 Å². The van der Waals surface area contributed by atoms with Gasteiger partial charge in [-0.2, -0.15) is 0 Å². The van der Waals surface area contributed by atoms with Gasteiger partial charge >= 0.3 is 0 Å². The van der Waals surface area contributed by atoms with Gasteiger partial charge in [-0.05, 0) is 187 Å². The van der Waals surface area contributed by atoms with Crippen molar-refractivity contribution in [3.63, 3.8) is 0 Å². The van der Waals surface area contributed by atoms with Crippen molar-refractivity contribution >= 4 is 117 Å². The summed E-state index contributed by atoms with van der Waals surface area (Å²) < 4.78 is 123. The number of anilines is 3. The predicted octanol–water partition coefficient (Wildman–Crippen LogP) is 13.0. The molecule has 0 aliphatic carbocycles. The van der Waals surface area contributed by atoms with Crippen LogP contribution >= 0.6 is 34.0 Å². The number of hydrogen-bond donors (Lipinski definition) is 3. The van der Waals surface area contributed by atoms with E-state index in [1.54, 1.807) is 140 Å². The summed E-state index contributed by atoms with van der Waals surface area (Å²) in [7, 11) is 0.341. The third-order valence-corrected chi connectivity index (χ3v) is 33.2. The zero-order valence-electron chi connectivity index (χ0n) is 75.3. The summed E-state index contributed by atoms with van der Waals surface area (Å²) in [6.07, 6.45) is 9.22. The van der Waals surface area contributed by atoms with Gasteiger partial charge < -0.3 is 52.4 Å². The van der Waals surface area contributed by atoms with E-state index in [-0.39, 0.29) is 67.7 Å². The van der Waals surface area contributed by atoms with Gasteiger partial charge in [0.05, 0.1) is 124 Å². The first-order valence-electron chi connectivity index (χ1n) is 43.9. The summed E-state index contributed by atoms with van der Waals surface area (Å²) >= 11 is 3.43. The van der Waals surface area contributed by atoms with E-state index in [9.17, 15) is 54.0 Å². The molecule has 6 aliphatic heterocycles. The molecule has 3 atom stereocenters. The maximum absolute atomic E-state index is 14.3. The van der Waals surface area contributed by atoms with Gasteiger partial charge in [0.2, 0.25) is 30.1 Å². The van der Waals surface area contributed by atoms with Crippen molar-refractivity contribution in [3.05, 3.63) is 266 Å². The van der Waals surface area contributed by atoms with E-state index < -0.39 is 48.2 Å². The molecule has 0 bridgehead atoms. The van der Waals surface area contributed by atoms with E-state index in [1.165, 1.54) is 43.1 Å². The van der Waals surface area contributed by atoms with E-state index in [2.05, 4.69) is 61.7 Å². The number of fused-ring (bicyclic) bond motifs is 3. The molecule has 5 aromatic heterocycles. The Morgan fingerprint density at radius 2 is 0.709 bits per heavy atom. The van der Waals surface area contributed by atoms with Crippen LogP contribution in [0.25, 0.3) is 0 Å². The van der Waals surface area contributed by atoms with Gasteiger partial charge in [-0.3, -0.25) is 58.3 Å². The van der Waals surface area contributed by atoms with Gasteiger partial charge in [0.25, 0.3) is 35.4 Å². The Kier molecular flexibility index (Phi) is 31.5. The third kappa shape index (κ3) is 21.6. The fraction of sp³-hybridized carbons (Fsp3) is 0.344. The van der Waals surface area contributed by atoms with Gasteiger partial charge in [-0.25, -0.2) is 39.4 Å². The number of pyridine rings is 1. The average Bonchev–Trinajstić information content (AvgIpc) is 1.60. The Bertz CT molecular complexity index is 6330. The van der Waals surface area contributed by atoms with Gasteiger partial charge in [-0.1, -0.05) is 60.7 Å². The molecule has 17 rings (SSSR count). The zero-order chi connectivity index (χ0) is 94.4. The number of aromatic nitrogens is 1. The number of nitrogens with zero attached hydrogens (tertiary/aromatic N) is 10. The molecule has 134 heavy (non-hydrogen) atoms. The number of hydrogen-bond acceptors (Lipinski definition) is 29. The number of nitrogens with one attached hydrogen (secondary N) is 3. The summed E-state index contributed by atoms with van der Waals surface area (Å²) in [5, 5.41) is 5.13. The summed E-state index contributed by atoms with van der Waals surface area (Å²) in [6.45, 7) is 11.3. The normalized spacial score (nSPS) is 16.2. The van der Waals surface area contributed by atoms with Crippen LogP contribution in [0, 0.1) is 0 Å². The summed E-state index contributed by atoms with van der Waals surface area (Å²) in [5.41, 5.74) is 8.95. The number of amides is 6. The van der Waals surface area contributed by atoms with Crippen LogP contribution in [0.3, 0.4) is 0 Å². The number of piperazine rings is 3. The number of carbonyl (C=O) groups excluding carboxylic acids is 6. The van der Waals surface area contributed by atoms with Crippen molar-refractivity contribution in [3.8, 4) is 34.5 Å². The second-order valence-electron chi connectivity index (χ2n) is 32.7. The molecule has 6 aliphatic rings. The van der Waals surface area contributed by atoms with Crippen LogP contribution in [-0.2, 0) is 43.2 Å². The Morgan fingerprint density at radius 1 is 0.373 bits per heavy atom. The molecule has 0 saturated carbocycles. The van der Waals surface area contributed by atoms with E-state index in [0.717, 1.165) is 128 Å². The number of carbonyl (C=O) groups is 6. The highest BCUT2D eigenvalue weighted by molar-refractivity contribution is 7.92. The Labute approximate surface area is 792 Å². The van der Waals surface area contributed by atoms with Crippen LogP contribution in [0.15, 0.2) is 222 Å². The van der Waals surface area contributed by atoms with Crippen molar-refractivity contribution < 1.29 is 86.9 Å². The molecule has 3 N–H and O–H groups in total. The first-order chi connectivity index (χ1) is 64.8. The van der Waals surface area contributed by atoms with Crippen molar-refractivity contribution in [1.29, 1.82) is 0 Å². The Morgan fingerprint density at radius 3 is 1.01 bits per heavy atom. The van der Waals surface area contributed by atoms with Crippen molar-refractivity contribution in [2.24, 2.45) is 0 Å². The second-order valence-corrected chi connectivity index (χ2v) is 41.5.